The molecule has 0 atom stereocenters. The highest BCUT2D eigenvalue weighted by Crippen LogP contribution is 2.39. The van der Waals surface area contributed by atoms with E-state index >= 15 is 0 Å². The van der Waals surface area contributed by atoms with Crippen molar-refractivity contribution in [2.45, 2.75) is 10.9 Å². The minimum atomic E-state index is -0.313. The first kappa shape index (κ1) is 23.2. The summed E-state index contributed by atoms with van der Waals surface area (Å²) in [6.45, 7) is 0. The van der Waals surface area contributed by atoms with Gasteiger partial charge in [-0.25, -0.2) is 10.4 Å². The maximum absolute atomic E-state index is 12.5. The number of imidazole rings is 1. The third-order valence-electron chi connectivity index (χ3n) is 5.06. The van der Waals surface area contributed by atoms with E-state index in [0.29, 0.717) is 28.4 Å². The third kappa shape index (κ3) is 5.15. The van der Waals surface area contributed by atoms with Gasteiger partial charge in [0, 0.05) is 16.9 Å². The van der Waals surface area contributed by atoms with Crippen LogP contribution in [0.4, 0.5) is 0 Å². The molecule has 4 rings (SSSR count). The van der Waals surface area contributed by atoms with E-state index in [2.05, 4.69) is 20.5 Å². The van der Waals surface area contributed by atoms with Gasteiger partial charge in [0.25, 0.3) is 5.91 Å². The summed E-state index contributed by atoms with van der Waals surface area (Å²) in [5.74, 6) is 1.88. The summed E-state index contributed by atoms with van der Waals surface area (Å²) < 4.78 is 16.1. The number of aromatic amines is 1. The molecule has 2 N–H and O–H groups in total. The predicted molar refractivity (Wildman–Crippen MR) is 133 cm³/mol. The number of hydrogen-bond acceptors (Lipinski definition) is 7. The van der Waals surface area contributed by atoms with Crippen LogP contribution in [-0.4, -0.2) is 43.4 Å². The van der Waals surface area contributed by atoms with Crippen LogP contribution in [0.25, 0.3) is 11.0 Å². The fraction of sp³-hybridized carbons (Fsp3) is 0.160. The van der Waals surface area contributed by atoms with Crippen molar-refractivity contribution in [1.29, 1.82) is 0 Å². The second-order valence-electron chi connectivity index (χ2n) is 7.17. The molecule has 0 spiro atoms. The molecule has 0 saturated heterocycles. The third-order valence-corrected chi connectivity index (χ3v) is 6.01. The fourth-order valence-corrected chi connectivity index (χ4v) is 4.19. The second-order valence-corrected chi connectivity index (χ2v) is 8.13. The molecule has 9 heteroatoms. The van der Waals surface area contributed by atoms with E-state index in [4.69, 9.17) is 14.2 Å². The van der Waals surface area contributed by atoms with Crippen LogP contribution in [0.5, 0.6) is 17.2 Å². The van der Waals surface area contributed by atoms with Gasteiger partial charge in [-0.05, 0) is 42.0 Å². The molecule has 0 radical (unpaired) electrons. The number of benzene rings is 3. The molecule has 1 heterocycles. The summed E-state index contributed by atoms with van der Waals surface area (Å²) in [5, 5.41) is 4.92. The van der Waals surface area contributed by atoms with Gasteiger partial charge < -0.3 is 19.2 Å². The molecular weight excluding hydrogens is 452 g/mol. The Labute approximate surface area is 201 Å². The summed E-state index contributed by atoms with van der Waals surface area (Å²) in [5.41, 5.74) is 6.73. The largest absolute Gasteiger partial charge is 0.493 e. The van der Waals surface area contributed by atoms with Gasteiger partial charge >= 0.3 is 0 Å². The van der Waals surface area contributed by atoms with Crippen LogP contribution in [-0.2, 0) is 5.75 Å². The van der Waals surface area contributed by atoms with Gasteiger partial charge in [0.15, 0.2) is 16.7 Å². The number of hydrogen-bond donors (Lipinski definition) is 2. The van der Waals surface area contributed by atoms with Crippen molar-refractivity contribution in [2.75, 3.05) is 21.3 Å². The molecule has 0 aliphatic heterocycles. The molecule has 3 aromatic carbocycles. The van der Waals surface area contributed by atoms with E-state index in [1.165, 1.54) is 20.4 Å². The Morgan fingerprint density at radius 2 is 1.76 bits per heavy atom. The number of methoxy groups -OCH3 is 3. The summed E-state index contributed by atoms with van der Waals surface area (Å²) >= 11 is 1.61. The number of hydrazone groups is 1. The SMILES string of the molecule is COc1ccc(/C=N/NC(=O)c2ccc(CSc3nc4ccccc4[nH]3)cc2)c(OC)c1OC. The Hall–Kier alpha value is -3.98. The zero-order valence-corrected chi connectivity index (χ0v) is 19.8. The van der Waals surface area contributed by atoms with Crippen molar-refractivity contribution in [3.05, 3.63) is 77.4 Å². The van der Waals surface area contributed by atoms with Gasteiger partial charge in [0.05, 0.1) is 38.6 Å². The average molecular weight is 477 g/mol. The number of thioether (sulfide) groups is 1. The Morgan fingerprint density at radius 1 is 1.00 bits per heavy atom. The number of ether oxygens (including phenoxy) is 3. The van der Waals surface area contributed by atoms with Crippen LogP contribution >= 0.6 is 11.8 Å². The topological polar surface area (TPSA) is 97.8 Å². The number of para-hydroxylation sites is 2. The molecule has 0 fully saturated rings. The van der Waals surface area contributed by atoms with Gasteiger partial charge in [0.1, 0.15) is 0 Å². The maximum Gasteiger partial charge on any atom is 0.271 e. The highest BCUT2D eigenvalue weighted by Gasteiger charge is 2.14. The van der Waals surface area contributed by atoms with Gasteiger partial charge in [-0.15, -0.1) is 0 Å². The number of nitrogens with zero attached hydrogens (tertiary/aromatic N) is 2. The molecule has 0 unspecified atom stereocenters. The Kier molecular flexibility index (Phi) is 7.34. The molecule has 0 saturated carbocycles. The van der Waals surface area contributed by atoms with E-state index in [-0.39, 0.29) is 5.91 Å². The molecule has 1 amide bonds. The number of H-pyrrole nitrogens is 1. The molecule has 1 aromatic heterocycles. The molecule has 8 nitrogen and oxygen atoms in total. The lowest BCUT2D eigenvalue weighted by atomic mass is 10.1. The minimum Gasteiger partial charge on any atom is -0.493 e. The number of rotatable bonds is 9. The van der Waals surface area contributed by atoms with E-state index in [1.54, 1.807) is 43.1 Å². The van der Waals surface area contributed by atoms with Crippen molar-refractivity contribution in [3.8, 4) is 17.2 Å². The number of nitrogens with one attached hydrogen (secondary N) is 2. The van der Waals surface area contributed by atoms with Gasteiger partial charge in [-0.1, -0.05) is 36.0 Å². The first-order valence-corrected chi connectivity index (χ1v) is 11.4. The second kappa shape index (κ2) is 10.8. The lowest BCUT2D eigenvalue weighted by molar-refractivity contribution is 0.0955. The van der Waals surface area contributed by atoms with Crippen LogP contribution in [0.3, 0.4) is 0 Å². The summed E-state index contributed by atoms with van der Waals surface area (Å²) in [6.07, 6.45) is 1.50. The minimum absolute atomic E-state index is 0.313. The molecule has 4 aromatic rings. The zero-order chi connectivity index (χ0) is 23.9. The number of carbonyl (C=O) groups is 1. The first-order chi connectivity index (χ1) is 16.6. The first-order valence-electron chi connectivity index (χ1n) is 10.4. The van der Waals surface area contributed by atoms with Gasteiger partial charge in [-0.3, -0.25) is 4.79 Å². The summed E-state index contributed by atoms with van der Waals surface area (Å²) in [6, 6.07) is 18.8. The lowest BCUT2D eigenvalue weighted by Crippen LogP contribution is -2.17. The van der Waals surface area contributed by atoms with Crippen LogP contribution in [0, 0.1) is 0 Å². The van der Waals surface area contributed by atoms with Crippen molar-refractivity contribution in [1.82, 2.24) is 15.4 Å². The predicted octanol–water partition coefficient (Wildman–Crippen LogP) is 4.64. The smallest absolute Gasteiger partial charge is 0.271 e. The summed E-state index contributed by atoms with van der Waals surface area (Å²) in [7, 11) is 4.61. The molecule has 34 heavy (non-hydrogen) atoms. The highest BCUT2D eigenvalue weighted by molar-refractivity contribution is 7.98. The average Bonchev–Trinajstić information content (AvgIpc) is 3.30. The Bertz CT molecular complexity index is 1290. The zero-order valence-electron chi connectivity index (χ0n) is 19.0. The van der Waals surface area contributed by atoms with Crippen molar-refractivity contribution in [2.24, 2.45) is 5.10 Å². The molecular formula is C25H24N4O4S. The van der Waals surface area contributed by atoms with E-state index < -0.39 is 0 Å². The van der Waals surface area contributed by atoms with Crippen LogP contribution in [0.2, 0.25) is 0 Å². The van der Waals surface area contributed by atoms with E-state index in [9.17, 15) is 4.79 Å². The van der Waals surface area contributed by atoms with Crippen LogP contribution in [0.1, 0.15) is 21.5 Å². The molecule has 0 aliphatic carbocycles. The Balaban J connectivity index is 1.36. The van der Waals surface area contributed by atoms with Crippen molar-refractivity contribution >= 4 is 34.9 Å². The van der Waals surface area contributed by atoms with Crippen molar-refractivity contribution in [3.63, 3.8) is 0 Å². The van der Waals surface area contributed by atoms with E-state index in [0.717, 1.165) is 27.5 Å². The standard InChI is InChI=1S/C25H24N4O4S/c1-31-21-13-12-18(22(32-2)23(21)33-3)14-26-29-24(30)17-10-8-16(9-11-17)15-34-25-27-19-6-4-5-7-20(19)28-25/h4-14H,15H2,1-3H3,(H,27,28)(H,29,30)/b26-14+. The van der Waals surface area contributed by atoms with Crippen molar-refractivity contribution < 1.29 is 19.0 Å². The van der Waals surface area contributed by atoms with Gasteiger partial charge in [-0.2, -0.15) is 5.10 Å². The summed E-state index contributed by atoms with van der Waals surface area (Å²) in [4.78, 5) is 20.4. The quantitative estimate of drug-likeness (QED) is 0.207. The number of amides is 1. The monoisotopic (exact) mass is 476 g/mol. The van der Waals surface area contributed by atoms with Crippen LogP contribution < -0.4 is 19.6 Å². The molecule has 174 valence electrons. The lowest BCUT2D eigenvalue weighted by Gasteiger charge is -2.13. The number of carbonyl (C=O) groups excluding carboxylic acids is 1. The highest BCUT2D eigenvalue weighted by atomic mass is 32.2. The van der Waals surface area contributed by atoms with E-state index in [1.807, 2.05) is 36.4 Å². The molecule has 0 aliphatic rings. The fourth-order valence-electron chi connectivity index (χ4n) is 3.35. The Morgan fingerprint density at radius 3 is 2.47 bits per heavy atom. The maximum atomic E-state index is 12.5. The normalized spacial score (nSPS) is 11.0. The van der Waals surface area contributed by atoms with Crippen LogP contribution in [0.15, 0.2) is 70.9 Å². The molecule has 0 bridgehead atoms. The number of aromatic nitrogens is 2. The van der Waals surface area contributed by atoms with Gasteiger partial charge in [0.2, 0.25) is 5.75 Å². The number of fused-ring (bicyclic) bond motifs is 1.